The van der Waals surface area contributed by atoms with E-state index in [9.17, 15) is 17.6 Å². The van der Waals surface area contributed by atoms with Crippen molar-refractivity contribution < 1.29 is 22.3 Å². The summed E-state index contributed by atoms with van der Waals surface area (Å²) in [4.78, 5) is 0. The molecule has 1 aromatic rings. The molecule has 0 radical (unpaired) electrons. The number of rotatable bonds is 4. The molecule has 0 fully saturated rings. The Balaban J connectivity index is 2.73. The van der Waals surface area contributed by atoms with E-state index in [0.29, 0.717) is 0 Å². The monoisotopic (exact) mass is 233 g/mol. The Morgan fingerprint density at radius 2 is 1.81 bits per heavy atom. The van der Waals surface area contributed by atoms with Crippen LogP contribution in [0.2, 0.25) is 0 Å². The van der Waals surface area contributed by atoms with Crippen molar-refractivity contribution in [3.63, 3.8) is 0 Å². The second kappa shape index (κ2) is 5.35. The first-order valence-electron chi connectivity index (χ1n) is 4.34. The zero-order valence-corrected chi connectivity index (χ0v) is 8.01. The average Bonchev–Trinajstić information content (AvgIpc) is 2.16. The van der Waals surface area contributed by atoms with E-state index in [1.54, 1.807) is 0 Å². The van der Waals surface area contributed by atoms with Gasteiger partial charge >= 0.3 is 0 Å². The minimum atomic E-state index is -2.53. The standard InChI is InChI=1S/C10H7F4NO/c11-8-3-6(16-2-1-10(13)14)4-9(12)7(8)5-15/h3-4,10H,1-2H2. The molecule has 16 heavy (non-hydrogen) atoms. The van der Waals surface area contributed by atoms with Crippen molar-refractivity contribution in [1.82, 2.24) is 0 Å². The van der Waals surface area contributed by atoms with E-state index < -0.39 is 30.0 Å². The summed E-state index contributed by atoms with van der Waals surface area (Å²) in [5.41, 5.74) is -0.721. The van der Waals surface area contributed by atoms with E-state index in [1.807, 2.05) is 0 Å². The van der Waals surface area contributed by atoms with Crippen molar-refractivity contribution in [1.29, 1.82) is 5.26 Å². The SMILES string of the molecule is N#Cc1c(F)cc(OCCC(F)F)cc1F. The van der Waals surface area contributed by atoms with Gasteiger partial charge in [-0.3, -0.25) is 0 Å². The number of nitrogens with zero attached hydrogens (tertiary/aromatic N) is 1. The van der Waals surface area contributed by atoms with Gasteiger partial charge < -0.3 is 4.74 Å². The Morgan fingerprint density at radius 1 is 1.25 bits per heavy atom. The average molecular weight is 233 g/mol. The first-order valence-corrected chi connectivity index (χ1v) is 4.34. The molecule has 0 N–H and O–H groups in total. The Hall–Kier alpha value is -1.77. The predicted molar refractivity (Wildman–Crippen MR) is 47.2 cm³/mol. The number of benzene rings is 1. The molecule has 0 aliphatic heterocycles. The highest BCUT2D eigenvalue weighted by Gasteiger charge is 2.11. The van der Waals surface area contributed by atoms with Gasteiger partial charge in [0.25, 0.3) is 0 Å². The van der Waals surface area contributed by atoms with Gasteiger partial charge in [0.1, 0.15) is 29.0 Å². The summed E-state index contributed by atoms with van der Waals surface area (Å²) >= 11 is 0. The van der Waals surface area contributed by atoms with Crippen LogP contribution in [0.25, 0.3) is 0 Å². The lowest BCUT2D eigenvalue weighted by molar-refractivity contribution is 0.114. The fraction of sp³-hybridized carbons (Fsp3) is 0.300. The van der Waals surface area contributed by atoms with Crippen LogP contribution in [0.15, 0.2) is 12.1 Å². The Labute approximate surface area is 89.1 Å². The van der Waals surface area contributed by atoms with E-state index in [4.69, 9.17) is 10.00 Å². The maximum Gasteiger partial charge on any atom is 0.241 e. The van der Waals surface area contributed by atoms with Gasteiger partial charge in [-0.15, -0.1) is 0 Å². The first-order chi connectivity index (χ1) is 7.54. The van der Waals surface area contributed by atoms with Gasteiger partial charge in [0, 0.05) is 18.6 Å². The molecule has 0 unspecified atom stereocenters. The highest BCUT2D eigenvalue weighted by Crippen LogP contribution is 2.20. The number of ether oxygens (including phenoxy) is 1. The number of hydrogen-bond acceptors (Lipinski definition) is 2. The minimum absolute atomic E-state index is 0.213. The third-order valence-corrected chi connectivity index (χ3v) is 1.73. The molecule has 0 atom stereocenters. The van der Waals surface area contributed by atoms with Gasteiger partial charge in [-0.05, 0) is 0 Å². The van der Waals surface area contributed by atoms with Gasteiger partial charge in [0.05, 0.1) is 6.61 Å². The van der Waals surface area contributed by atoms with Crippen molar-refractivity contribution in [2.24, 2.45) is 0 Å². The molecular formula is C10H7F4NO. The summed E-state index contributed by atoms with van der Waals surface area (Å²) in [6.45, 7) is -0.345. The smallest absolute Gasteiger partial charge is 0.241 e. The summed E-state index contributed by atoms with van der Waals surface area (Å²) in [6, 6.07) is 2.91. The van der Waals surface area contributed by atoms with Gasteiger partial charge in [0.2, 0.25) is 6.43 Å². The molecule has 0 bridgehead atoms. The molecule has 0 heterocycles. The third-order valence-electron chi connectivity index (χ3n) is 1.73. The second-order valence-corrected chi connectivity index (χ2v) is 2.90. The van der Waals surface area contributed by atoms with E-state index in [1.165, 1.54) is 6.07 Å². The summed E-state index contributed by atoms with van der Waals surface area (Å²) in [5, 5.41) is 8.37. The maximum absolute atomic E-state index is 13.0. The van der Waals surface area contributed by atoms with E-state index >= 15 is 0 Å². The minimum Gasteiger partial charge on any atom is -0.493 e. The van der Waals surface area contributed by atoms with Crippen LogP contribution in [0, 0.1) is 23.0 Å². The molecule has 0 aliphatic rings. The molecule has 1 rings (SSSR count). The molecule has 0 amide bonds. The Bertz CT molecular complexity index is 391. The summed E-state index contributed by atoms with van der Waals surface area (Å²) < 4.78 is 54.2. The Kier molecular flexibility index (Phi) is 4.11. The van der Waals surface area contributed by atoms with E-state index in [0.717, 1.165) is 12.1 Å². The normalized spacial score (nSPS) is 10.2. The van der Waals surface area contributed by atoms with Crippen molar-refractivity contribution in [3.8, 4) is 11.8 Å². The van der Waals surface area contributed by atoms with Gasteiger partial charge in [0.15, 0.2) is 0 Å². The topological polar surface area (TPSA) is 33.0 Å². The molecule has 1 aromatic carbocycles. The largest absolute Gasteiger partial charge is 0.493 e. The fourth-order valence-corrected chi connectivity index (χ4v) is 1.01. The molecule has 0 saturated heterocycles. The second-order valence-electron chi connectivity index (χ2n) is 2.90. The molecule has 0 aliphatic carbocycles. The molecule has 0 spiro atoms. The van der Waals surface area contributed by atoms with Crippen LogP contribution in [-0.2, 0) is 0 Å². The van der Waals surface area contributed by atoms with Crippen LogP contribution >= 0.6 is 0 Å². The number of halogens is 4. The van der Waals surface area contributed by atoms with Crippen molar-refractivity contribution >= 4 is 0 Å². The molecule has 86 valence electrons. The molecule has 0 aromatic heterocycles. The quantitative estimate of drug-likeness (QED) is 0.749. The zero-order valence-electron chi connectivity index (χ0n) is 8.01. The van der Waals surface area contributed by atoms with Crippen LogP contribution in [-0.4, -0.2) is 13.0 Å². The lowest BCUT2D eigenvalue weighted by Crippen LogP contribution is -2.04. The Morgan fingerprint density at radius 3 is 2.25 bits per heavy atom. The van der Waals surface area contributed by atoms with E-state index in [2.05, 4.69) is 0 Å². The van der Waals surface area contributed by atoms with Gasteiger partial charge in [-0.1, -0.05) is 0 Å². The fourth-order valence-electron chi connectivity index (χ4n) is 1.01. The van der Waals surface area contributed by atoms with Crippen molar-refractivity contribution in [2.45, 2.75) is 12.8 Å². The summed E-state index contributed by atoms with van der Waals surface area (Å²) in [5.74, 6) is -2.36. The van der Waals surface area contributed by atoms with Crippen LogP contribution in [0.3, 0.4) is 0 Å². The predicted octanol–water partition coefficient (Wildman–Crippen LogP) is 2.87. The van der Waals surface area contributed by atoms with Crippen LogP contribution in [0.5, 0.6) is 5.75 Å². The van der Waals surface area contributed by atoms with Gasteiger partial charge in [-0.25, -0.2) is 17.6 Å². The molecule has 6 heteroatoms. The zero-order chi connectivity index (χ0) is 12.1. The molecule has 2 nitrogen and oxygen atoms in total. The molecule has 0 saturated carbocycles. The van der Waals surface area contributed by atoms with Crippen LogP contribution in [0.4, 0.5) is 17.6 Å². The number of nitriles is 1. The maximum atomic E-state index is 13.0. The highest BCUT2D eigenvalue weighted by molar-refractivity contribution is 5.37. The number of alkyl halides is 2. The van der Waals surface area contributed by atoms with Crippen molar-refractivity contribution in [2.75, 3.05) is 6.61 Å². The summed E-state index contributed by atoms with van der Waals surface area (Å²) in [7, 11) is 0. The summed E-state index contributed by atoms with van der Waals surface area (Å²) in [6.07, 6.45) is -3.06. The highest BCUT2D eigenvalue weighted by atomic mass is 19.3. The van der Waals surface area contributed by atoms with Gasteiger partial charge in [-0.2, -0.15) is 5.26 Å². The third kappa shape index (κ3) is 3.12. The first kappa shape index (κ1) is 12.3. The van der Waals surface area contributed by atoms with Crippen molar-refractivity contribution in [3.05, 3.63) is 29.3 Å². The van der Waals surface area contributed by atoms with Crippen LogP contribution < -0.4 is 4.74 Å². The van der Waals surface area contributed by atoms with E-state index in [-0.39, 0.29) is 12.4 Å². The van der Waals surface area contributed by atoms with Crippen LogP contribution in [0.1, 0.15) is 12.0 Å². The lowest BCUT2D eigenvalue weighted by Gasteiger charge is -2.06. The lowest BCUT2D eigenvalue weighted by atomic mass is 10.2. The number of hydrogen-bond donors (Lipinski definition) is 0. The molecular weight excluding hydrogens is 226 g/mol.